The molecule has 84 valence electrons. The number of hydrogen-bond acceptors (Lipinski definition) is 2. The maximum Gasteiger partial charge on any atom is 0.127 e. The summed E-state index contributed by atoms with van der Waals surface area (Å²) in [6, 6.07) is 14.4. The Bertz CT molecular complexity index is 453. The summed E-state index contributed by atoms with van der Waals surface area (Å²) in [5.74, 6) is 0.965. The van der Waals surface area contributed by atoms with Crippen LogP contribution in [-0.4, -0.2) is 13.2 Å². The number of fused-ring (bicyclic) bond motifs is 1. The van der Waals surface area contributed by atoms with Crippen LogP contribution < -0.4 is 9.08 Å². The molecule has 2 aromatic carbocycles. The molecular weight excluding hydrogens is 266 g/mol. The predicted octanol–water partition coefficient (Wildman–Crippen LogP) is 3.51. The molecule has 0 saturated heterocycles. The summed E-state index contributed by atoms with van der Waals surface area (Å²) in [4.78, 5) is 0. The minimum absolute atomic E-state index is 0.729. The predicted molar refractivity (Wildman–Crippen MR) is 71.0 cm³/mol. The van der Waals surface area contributed by atoms with Gasteiger partial charge in [0.15, 0.2) is 0 Å². The van der Waals surface area contributed by atoms with Crippen LogP contribution in [0.3, 0.4) is 0 Å². The van der Waals surface area contributed by atoms with Gasteiger partial charge in [0.05, 0.1) is 6.61 Å². The van der Waals surface area contributed by atoms with Gasteiger partial charge < -0.3 is 4.74 Å². The third kappa shape index (κ3) is 2.74. The van der Waals surface area contributed by atoms with E-state index in [0.717, 1.165) is 25.3 Å². The highest BCUT2D eigenvalue weighted by atomic mass is 79.9. The highest BCUT2D eigenvalue weighted by Crippen LogP contribution is 2.24. The van der Waals surface area contributed by atoms with Crippen molar-refractivity contribution in [1.82, 2.24) is 4.34 Å². The maximum absolute atomic E-state index is 5.76. The van der Waals surface area contributed by atoms with Gasteiger partial charge in [0.25, 0.3) is 0 Å². The minimum Gasteiger partial charge on any atom is -0.493 e. The second-order valence-electron chi connectivity index (χ2n) is 3.56. The third-order valence-corrected chi connectivity index (χ3v) is 2.82. The SMILES string of the molecule is BrNCCCOc1cccc2ccccc12. The highest BCUT2D eigenvalue weighted by molar-refractivity contribution is 9.08. The van der Waals surface area contributed by atoms with Gasteiger partial charge in [-0.2, -0.15) is 0 Å². The molecule has 0 aliphatic heterocycles. The van der Waals surface area contributed by atoms with Gasteiger partial charge in [-0.25, -0.2) is 0 Å². The summed E-state index contributed by atoms with van der Waals surface area (Å²) in [6.45, 7) is 1.64. The second-order valence-corrected chi connectivity index (χ2v) is 4.12. The Labute approximate surface area is 104 Å². The summed E-state index contributed by atoms with van der Waals surface area (Å²) in [5.41, 5.74) is 0. The fourth-order valence-corrected chi connectivity index (χ4v) is 1.92. The van der Waals surface area contributed by atoms with Gasteiger partial charge in [-0.3, -0.25) is 4.34 Å². The van der Waals surface area contributed by atoms with E-state index >= 15 is 0 Å². The van der Waals surface area contributed by atoms with Crippen molar-refractivity contribution >= 4 is 26.9 Å². The Hall–Kier alpha value is -1.06. The van der Waals surface area contributed by atoms with Crippen LogP contribution in [0.1, 0.15) is 6.42 Å². The van der Waals surface area contributed by atoms with Crippen molar-refractivity contribution in [3.05, 3.63) is 42.5 Å². The molecule has 0 heterocycles. The zero-order valence-corrected chi connectivity index (χ0v) is 10.5. The Kier molecular flexibility index (Phi) is 4.19. The van der Waals surface area contributed by atoms with Gasteiger partial charge in [-0.1, -0.05) is 36.4 Å². The van der Waals surface area contributed by atoms with Gasteiger partial charge >= 0.3 is 0 Å². The van der Waals surface area contributed by atoms with Crippen LogP contribution in [0.5, 0.6) is 5.75 Å². The quantitative estimate of drug-likeness (QED) is 0.668. The van der Waals surface area contributed by atoms with E-state index in [1.165, 1.54) is 10.8 Å². The molecule has 0 aliphatic carbocycles. The van der Waals surface area contributed by atoms with Crippen LogP contribution in [0, 0.1) is 0 Å². The van der Waals surface area contributed by atoms with Crippen molar-refractivity contribution in [2.45, 2.75) is 6.42 Å². The van der Waals surface area contributed by atoms with Gasteiger partial charge in [-0.05, 0) is 17.9 Å². The summed E-state index contributed by atoms with van der Waals surface area (Å²) in [6.07, 6.45) is 0.981. The molecular formula is C13H14BrNO. The lowest BCUT2D eigenvalue weighted by molar-refractivity contribution is 0.316. The molecule has 0 aromatic heterocycles. The summed E-state index contributed by atoms with van der Waals surface area (Å²) < 4.78 is 8.68. The average Bonchev–Trinajstić information content (AvgIpc) is 2.35. The molecule has 0 spiro atoms. The van der Waals surface area contributed by atoms with Crippen molar-refractivity contribution in [3.63, 3.8) is 0 Å². The number of benzene rings is 2. The summed E-state index contributed by atoms with van der Waals surface area (Å²) in [7, 11) is 0. The van der Waals surface area contributed by atoms with E-state index in [2.05, 4.69) is 38.7 Å². The highest BCUT2D eigenvalue weighted by Gasteiger charge is 2.00. The Balaban J connectivity index is 2.11. The van der Waals surface area contributed by atoms with Crippen molar-refractivity contribution in [1.29, 1.82) is 0 Å². The molecule has 2 nitrogen and oxygen atoms in total. The first-order valence-corrected chi connectivity index (χ1v) is 6.15. The Morgan fingerprint density at radius 3 is 2.75 bits per heavy atom. The molecule has 0 amide bonds. The van der Waals surface area contributed by atoms with E-state index in [0.29, 0.717) is 0 Å². The first kappa shape index (κ1) is 11.4. The van der Waals surface area contributed by atoms with Crippen LogP contribution in [0.4, 0.5) is 0 Å². The number of nitrogens with one attached hydrogen (secondary N) is 1. The lowest BCUT2D eigenvalue weighted by Gasteiger charge is -2.08. The van der Waals surface area contributed by atoms with E-state index in [1.54, 1.807) is 0 Å². The molecule has 0 radical (unpaired) electrons. The monoisotopic (exact) mass is 279 g/mol. The maximum atomic E-state index is 5.76. The molecule has 1 N–H and O–H groups in total. The van der Waals surface area contributed by atoms with E-state index < -0.39 is 0 Å². The Morgan fingerprint density at radius 2 is 1.88 bits per heavy atom. The molecule has 2 rings (SSSR count). The fraction of sp³-hybridized carbons (Fsp3) is 0.231. The molecule has 16 heavy (non-hydrogen) atoms. The van der Waals surface area contributed by atoms with E-state index in [1.807, 2.05) is 24.3 Å². The van der Waals surface area contributed by atoms with E-state index in [4.69, 9.17) is 4.74 Å². The van der Waals surface area contributed by atoms with Crippen molar-refractivity contribution < 1.29 is 4.74 Å². The fourth-order valence-electron chi connectivity index (χ4n) is 1.64. The normalized spacial score (nSPS) is 10.6. The third-order valence-electron chi connectivity index (χ3n) is 2.42. The van der Waals surface area contributed by atoms with Crippen LogP contribution in [0.2, 0.25) is 0 Å². The van der Waals surface area contributed by atoms with Gasteiger partial charge in [-0.15, -0.1) is 0 Å². The number of hydrogen-bond donors (Lipinski definition) is 1. The molecule has 0 saturated carbocycles. The summed E-state index contributed by atoms with van der Waals surface area (Å²) >= 11 is 3.17. The van der Waals surface area contributed by atoms with Crippen LogP contribution in [0.25, 0.3) is 10.8 Å². The van der Waals surface area contributed by atoms with Crippen molar-refractivity contribution in [3.8, 4) is 5.75 Å². The zero-order chi connectivity index (χ0) is 11.2. The molecule has 0 unspecified atom stereocenters. The van der Waals surface area contributed by atoms with Gasteiger partial charge in [0, 0.05) is 28.1 Å². The molecule has 3 heteroatoms. The van der Waals surface area contributed by atoms with Crippen molar-refractivity contribution in [2.75, 3.05) is 13.2 Å². The van der Waals surface area contributed by atoms with Crippen LogP contribution in [0.15, 0.2) is 42.5 Å². The first-order valence-electron chi connectivity index (χ1n) is 5.36. The molecule has 0 aliphatic rings. The lowest BCUT2D eigenvalue weighted by atomic mass is 10.1. The van der Waals surface area contributed by atoms with Gasteiger partial charge in [0.2, 0.25) is 0 Å². The molecule has 2 aromatic rings. The topological polar surface area (TPSA) is 21.3 Å². The van der Waals surface area contributed by atoms with Crippen molar-refractivity contribution in [2.24, 2.45) is 0 Å². The molecule has 0 fully saturated rings. The van der Waals surface area contributed by atoms with Gasteiger partial charge in [0.1, 0.15) is 5.75 Å². The van der Waals surface area contributed by atoms with Crippen LogP contribution >= 0.6 is 16.1 Å². The number of rotatable bonds is 5. The zero-order valence-electron chi connectivity index (χ0n) is 8.95. The largest absolute Gasteiger partial charge is 0.493 e. The molecule has 0 atom stereocenters. The smallest absolute Gasteiger partial charge is 0.127 e. The van der Waals surface area contributed by atoms with E-state index in [-0.39, 0.29) is 0 Å². The number of ether oxygens (including phenoxy) is 1. The number of halogens is 1. The average molecular weight is 280 g/mol. The molecule has 0 bridgehead atoms. The first-order chi connectivity index (χ1) is 7.92. The second kappa shape index (κ2) is 5.87. The van der Waals surface area contributed by atoms with E-state index in [9.17, 15) is 0 Å². The lowest BCUT2D eigenvalue weighted by Crippen LogP contribution is -2.06. The van der Waals surface area contributed by atoms with Crippen LogP contribution in [-0.2, 0) is 0 Å². The summed E-state index contributed by atoms with van der Waals surface area (Å²) in [5, 5.41) is 2.40. The minimum atomic E-state index is 0.729. The Morgan fingerprint density at radius 1 is 1.06 bits per heavy atom. The standard InChI is InChI=1S/C13H14BrNO/c14-15-9-4-10-16-13-8-3-6-11-5-1-2-7-12(11)13/h1-3,5-8,15H,4,9-10H2.